The Bertz CT molecular complexity index is 853. The van der Waals surface area contributed by atoms with Crippen LogP contribution < -0.4 is 5.56 Å². The highest BCUT2D eigenvalue weighted by Crippen LogP contribution is 2.32. The summed E-state index contributed by atoms with van der Waals surface area (Å²) in [6.45, 7) is 0.990. The Morgan fingerprint density at radius 3 is 3.09 bits per heavy atom. The summed E-state index contributed by atoms with van der Waals surface area (Å²) in [6.07, 6.45) is 6.84. The van der Waals surface area contributed by atoms with Crippen molar-refractivity contribution in [2.45, 2.75) is 25.3 Å². The first-order chi connectivity index (χ1) is 11.2. The largest absolute Gasteiger partial charge is 0.336 e. The Hall–Kier alpha value is -2.69. The fourth-order valence-electron chi connectivity index (χ4n) is 3.45. The number of H-pyrrole nitrogens is 1. The lowest BCUT2D eigenvalue weighted by molar-refractivity contribution is -0.133. The summed E-state index contributed by atoms with van der Waals surface area (Å²) in [5.74, 6) is -0.0192. The van der Waals surface area contributed by atoms with Crippen LogP contribution in [0.25, 0.3) is 6.08 Å². The van der Waals surface area contributed by atoms with E-state index in [4.69, 9.17) is 0 Å². The predicted molar refractivity (Wildman–Crippen MR) is 86.8 cm³/mol. The summed E-state index contributed by atoms with van der Waals surface area (Å²) < 4.78 is 0. The summed E-state index contributed by atoms with van der Waals surface area (Å²) in [6, 6.07) is 8.04. The maximum Gasteiger partial charge on any atom is 0.254 e. The third kappa shape index (κ3) is 2.38. The quantitative estimate of drug-likeness (QED) is 0.874. The Morgan fingerprint density at radius 2 is 2.17 bits per heavy atom. The van der Waals surface area contributed by atoms with Crippen LogP contribution in [0.4, 0.5) is 0 Å². The van der Waals surface area contributed by atoms with Crippen molar-refractivity contribution in [3.05, 3.63) is 69.4 Å². The lowest BCUT2D eigenvalue weighted by atomic mass is 9.86. The normalized spacial score (nSPS) is 19.1. The van der Waals surface area contributed by atoms with Crippen LogP contribution in [0, 0.1) is 0 Å². The number of aromatic amines is 1. The molecule has 0 fully saturated rings. The molecule has 1 aromatic heterocycles. The first-order valence-electron chi connectivity index (χ1n) is 7.84. The van der Waals surface area contributed by atoms with Gasteiger partial charge in [0.25, 0.3) is 5.56 Å². The Balaban J connectivity index is 1.62. The molecule has 0 bridgehead atoms. The van der Waals surface area contributed by atoms with Gasteiger partial charge in [0.15, 0.2) is 0 Å². The number of allylic oxidation sites excluding steroid dienone is 1. The Labute approximate surface area is 133 Å². The minimum atomic E-state index is -0.139. The predicted octanol–water partition coefficient (Wildman–Crippen LogP) is 1.86. The molecule has 1 aromatic carbocycles. The molecule has 2 heterocycles. The zero-order valence-electron chi connectivity index (χ0n) is 12.7. The second kappa shape index (κ2) is 5.50. The number of aromatic nitrogens is 2. The number of nitrogens with one attached hydrogen (secondary N) is 1. The minimum Gasteiger partial charge on any atom is -0.336 e. The zero-order chi connectivity index (χ0) is 15.8. The minimum absolute atomic E-state index is 0.0898. The second-order valence-electron chi connectivity index (χ2n) is 5.99. The first kappa shape index (κ1) is 13.9. The van der Waals surface area contributed by atoms with Crippen LogP contribution in [-0.4, -0.2) is 27.3 Å². The number of carbonyl (C=O) groups is 1. The topological polar surface area (TPSA) is 66.1 Å². The van der Waals surface area contributed by atoms with E-state index in [1.54, 1.807) is 0 Å². The Morgan fingerprint density at radius 1 is 1.30 bits per heavy atom. The van der Waals surface area contributed by atoms with E-state index in [-0.39, 0.29) is 17.4 Å². The molecule has 116 valence electrons. The van der Waals surface area contributed by atoms with Gasteiger partial charge in [-0.25, -0.2) is 4.98 Å². The molecule has 0 radical (unpaired) electrons. The number of rotatable bonds is 1. The van der Waals surface area contributed by atoms with Crippen molar-refractivity contribution in [2.75, 3.05) is 6.54 Å². The van der Waals surface area contributed by atoms with E-state index < -0.39 is 0 Å². The molecule has 1 aliphatic heterocycles. The van der Waals surface area contributed by atoms with Crippen LogP contribution in [0.2, 0.25) is 0 Å². The molecule has 1 amide bonds. The van der Waals surface area contributed by atoms with E-state index >= 15 is 0 Å². The first-order valence-corrected chi connectivity index (χ1v) is 7.84. The van der Waals surface area contributed by atoms with Crippen molar-refractivity contribution in [1.29, 1.82) is 0 Å². The average Bonchev–Trinajstić information content (AvgIpc) is 2.60. The molecule has 0 saturated carbocycles. The summed E-state index contributed by atoms with van der Waals surface area (Å²) in [5.41, 5.74) is 3.54. The van der Waals surface area contributed by atoms with E-state index in [1.807, 2.05) is 29.2 Å². The highest BCUT2D eigenvalue weighted by molar-refractivity contribution is 5.86. The second-order valence-corrected chi connectivity index (χ2v) is 5.99. The van der Waals surface area contributed by atoms with Crippen molar-refractivity contribution in [1.82, 2.24) is 14.9 Å². The van der Waals surface area contributed by atoms with Crippen molar-refractivity contribution in [3.63, 3.8) is 0 Å². The third-order valence-corrected chi connectivity index (χ3v) is 4.66. The molecule has 5 heteroatoms. The number of carbonyl (C=O) groups excluding carboxylic acids is 1. The van der Waals surface area contributed by atoms with Gasteiger partial charge in [0, 0.05) is 12.1 Å². The molecule has 1 unspecified atom stereocenters. The molecule has 0 spiro atoms. The molecule has 1 N–H and O–H groups in total. The summed E-state index contributed by atoms with van der Waals surface area (Å²) in [5, 5.41) is 0. The van der Waals surface area contributed by atoms with Gasteiger partial charge in [0.2, 0.25) is 5.91 Å². The highest BCUT2D eigenvalue weighted by Gasteiger charge is 2.31. The van der Waals surface area contributed by atoms with Gasteiger partial charge in [-0.05, 0) is 24.0 Å². The van der Waals surface area contributed by atoms with Crippen LogP contribution in [-0.2, 0) is 17.8 Å². The molecule has 2 aliphatic rings. The van der Waals surface area contributed by atoms with Crippen molar-refractivity contribution in [3.8, 4) is 0 Å². The van der Waals surface area contributed by atoms with E-state index in [2.05, 4.69) is 22.1 Å². The fraction of sp³-hybridized carbons (Fsp3) is 0.278. The summed E-state index contributed by atoms with van der Waals surface area (Å²) >= 11 is 0. The molecule has 5 nitrogen and oxygen atoms in total. The van der Waals surface area contributed by atoms with Crippen LogP contribution in [0.5, 0.6) is 0 Å². The lowest BCUT2D eigenvalue weighted by Crippen LogP contribution is -2.41. The number of amides is 1. The maximum absolute atomic E-state index is 13.0. The van der Waals surface area contributed by atoms with Gasteiger partial charge < -0.3 is 9.88 Å². The SMILES string of the molecule is O=C(C1CC=Cc2ccccc21)N1CCc2c(nc[nH]c2=O)C1. The smallest absolute Gasteiger partial charge is 0.254 e. The van der Waals surface area contributed by atoms with Gasteiger partial charge in [-0.3, -0.25) is 9.59 Å². The molecule has 0 saturated heterocycles. The van der Waals surface area contributed by atoms with Crippen LogP contribution in [0.15, 0.2) is 41.5 Å². The molecule has 1 aliphatic carbocycles. The lowest BCUT2D eigenvalue weighted by Gasteiger charge is -2.32. The highest BCUT2D eigenvalue weighted by atomic mass is 16.2. The summed E-state index contributed by atoms with van der Waals surface area (Å²) in [7, 11) is 0. The van der Waals surface area contributed by atoms with E-state index in [9.17, 15) is 9.59 Å². The molecular weight excluding hydrogens is 290 g/mol. The van der Waals surface area contributed by atoms with Gasteiger partial charge in [-0.2, -0.15) is 0 Å². The van der Waals surface area contributed by atoms with E-state index in [0.29, 0.717) is 30.8 Å². The number of fused-ring (bicyclic) bond motifs is 2. The van der Waals surface area contributed by atoms with Gasteiger partial charge in [-0.15, -0.1) is 0 Å². The molecule has 23 heavy (non-hydrogen) atoms. The molecular formula is C18H17N3O2. The molecule has 1 atom stereocenters. The van der Waals surface area contributed by atoms with Crippen LogP contribution >= 0.6 is 0 Å². The van der Waals surface area contributed by atoms with Gasteiger partial charge in [0.1, 0.15) is 0 Å². The average molecular weight is 307 g/mol. The van der Waals surface area contributed by atoms with Crippen LogP contribution in [0.1, 0.15) is 34.7 Å². The number of benzene rings is 1. The maximum atomic E-state index is 13.0. The Kier molecular flexibility index (Phi) is 3.33. The molecule has 4 rings (SSSR count). The summed E-state index contributed by atoms with van der Waals surface area (Å²) in [4.78, 5) is 33.5. The van der Waals surface area contributed by atoms with Crippen molar-refractivity contribution in [2.24, 2.45) is 0 Å². The third-order valence-electron chi connectivity index (χ3n) is 4.66. The van der Waals surface area contributed by atoms with Crippen LogP contribution in [0.3, 0.4) is 0 Å². The zero-order valence-corrected chi connectivity index (χ0v) is 12.7. The van der Waals surface area contributed by atoms with Crippen molar-refractivity contribution < 1.29 is 4.79 Å². The van der Waals surface area contributed by atoms with E-state index in [1.165, 1.54) is 6.33 Å². The number of hydrogen-bond acceptors (Lipinski definition) is 3. The number of nitrogens with zero attached hydrogens (tertiary/aromatic N) is 2. The van der Waals surface area contributed by atoms with Crippen molar-refractivity contribution >= 4 is 12.0 Å². The van der Waals surface area contributed by atoms with E-state index in [0.717, 1.165) is 17.5 Å². The fourth-order valence-corrected chi connectivity index (χ4v) is 3.45. The van der Waals surface area contributed by atoms with Gasteiger partial charge in [-0.1, -0.05) is 36.4 Å². The van der Waals surface area contributed by atoms with Gasteiger partial charge >= 0.3 is 0 Å². The molecule has 2 aromatic rings. The monoisotopic (exact) mass is 307 g/mol. The number of hydrogen-bond donors (Lipinski definition) is 1. The van der Waals surface area contributed by atoms with Gasteiger partial charge in [0.05, 0.1) is 24.5 Å². The standard InChI is InChI=1S/C18H17N3O2/c22-17-15-8-9-21(10-16(15)19-11-20-17)18(23)14-7-3-5-12-4-1-2-6-13(12)14/h1-6,11,14H,7-10H2,(H,19,20,22).